The van der Waals surface area contributed by atoms with Crippen molar-refractivity contribution in [3.63, 3.8) is 0 Å². The van der Waals surface area contributed by atoms with E-state index < -0.39 is 5.60 Å². The van der Waals surface area contributed by atoms with E-state index in [2.05, 4.69) is 103 Å². The molecule has 35 heavy (non-hydrogen) atoms. The monoisotopic (exact) mass is 495 g/mol. The van der Waals surface area contributed by atoms with E-state index in [0.717, 1.165) is 29.1 Å². The molecule has 2 aliphatic heterocycles. The van der Waals surface area contributed by atoms with Crippen LogP contribution in [0, 0.1) is 0 Å². The molecule has 4 aromatic carbocycles. The van der Waals surface area contributed by atoms with Gasteiger partial charge in [-0.05, 0) is 28.8 Å². The van der Waals surface area contributed by atoms with Gasteiger partial charge in [0.2, 0.25) is 0 Å². The Bertz CT molecular complexity index is 1260. The molecule has 1 saturated heterocycles. The molecule has 4 atom stereocenters. The van der Waals surface area contributed by atoms with Crippen LogP contribution in [0.25, 0.3) is 0 Å². The van der Waals surface area contributed by atoms with Gasteiger partial charge in [0.05, 0.1) is 11.6 Å². The van der Waals surface area contributed by atoms with Crippen LogP contribution >= 0.6 is 23.4 Å². The standard InChI is InChI=1S/C31H26ClNOS/c32-26-18-16-25(17-19-26)30-29(24-14-8-3-9-15-24)31(34-33-30)20-27(22-10-4-1-5-11-22)35-28(21-31)23-12-6-2-7-13-23/h1-19,27-29H,20-21H2/t27-,28+,29?,31?. The number of benzene rings is 4. The van der Waals surface area contributed by atoms with Crippen LogP contribution < -0.4 is 0 Å². The average Bonchev–Trinajstić information content (AvgIpc) is 3.28. The third kappa shape index (κ3) is 4.39. The first-order chi connectivity index (χ1) is 17.2. The molecule has 4 heteroatoms. The number of oxime groups is 1. The second kappa shape index (κ2) is 9.56. The SMILES string of the molecule is Clc1ccc(C2=NOC3(C[C@@H](c4ccccc4)S[C@@H](c4ccccc4)C3)C2c2ccccc2)cc1. The van der Waals surface area contributed by atoms with Crippen molar-refractivity contribution in [3.8, 4) is 0 Å². The molecule has 0 aromatic heterocycles. The van der Waals surface area contributed by atoms with Crippen molar-refractivity contribution >= 4 is 29.1 Å². The largest absolute Gasteiger partial charge is 0.388 e. The Labute approximate surface area is 216 Å². The Balaban J connectivity index is 1.46. The first-order valence-electron chi connectivity index (χ1n) is 12.0. The molecule has 2 aliphatic rings. The second-order valence-corrected chi connectivity index (χ2v) is 11.2. The molecule has 0 amide bonds. The fourth-order valence-electron chi connectivity index (χ4n) is 5.49. The summed E-state index contributed by atoms with van der Waals surface area (Å²) in [4.78, 5) is 6.59. The summed E-state index contributed by atoms with van der Waals surface area (Å²) in [6.07, 6.45) is 1.79. The Hall–Kier alpha value is -3.01. The zero-order valence-electron chi connectivity index (χ0n) is 19.3. The number of rotatable bonds is 4. The maximum Gasteiger partial charge on any atom is 0.153 e. The fraction of sp³-hybridized carbons (Fsp3) is 0.194. The maximum atomic E-state index is 6.59. The van der Waals surface area contributed by atoms with Crippen molar-refractivity contribution in [2.75, 3.05) is 0 Å². The summed E-state index contributed by atoms with van der Waals surface area (Å²) in [7, 11) is 0. The van der Waals surface area contributed by atoms with E-state index in [1.807, 2.05) is 23.9 Å². The van der Waals surface area contributed by atoms with E-state index in [4.69, 9.17) is 21.6 Å². The van der Waals surface area contributed by atoms with E-state index in [0.29, 0.717) is 10.5 Å². The molecule has 2 nitrogen and oxygen atoms in total. The van der Waals surface area contributed by atoms with Crippen molar-refractivity contribution in [2.24, 2.45) is 5.16 Å². The highest BCUT2D eigenvalue weighted by atomic mass is 35.5. The van der Waals surface area contributed by atoms with E-state index >= 15 is 0 Å². The molecule has 0 N–H and O–H groups in total. The third-order valence-electron chi connectivity index (χ3n) is 7.13. The topological polar surface area (TPSA) is 21.6 Å². The van der Waals surface area contributed by atoms with Crippen LogP contribution in [-0.4, -0.2) is 11.3 Å². The molecule has 0 radical (unpaired) electrons. The Morgan fingerprint density at radius 3 is 1.66 bits per heavy atom. The van der Waals surface area contributed by atoms with Gasteiger partial charge in [0.25, 0.3) is 0 Å². The second-order valence-electron chi connectivity index (χ2n) is 9.33. The van der Waals surface area contributed by atoms with Gasteiger partial charge in [-0.15, -0.1) is 11.8 Å². The van der Waals surface area contributed by atoms with E-state index in [1.54, 1.807) is 0 Å². The molecule has 2 heterocycles. The minimum absolute atomic E-state index is 0.0307. The molecule has 4 aromatic rings. The summed E-state index contributed by atoms with van der Waals surface area (Å²) in [5, 5.41) is 6.13. The maximum absolute atomic E-state index is 6.59. The number of halogens is 1. The lowest BCUT2D eigenvalue weighted by atomic mass is 9.71. The third-order valence-corrected chi connectivity index (χ3v) is 8.92. The molecule has 174 valence electrons. The molecule has 1 spiro atoms. The van der Waals surface area contributed by atoms with Crippen molar-refractivity contribution in [3.05, 3.63) is 143 Å². The van der Waals surface area contributed by atoms with Gasteiger partial charge >= 0.3 is 0 Å². The minimum Gasteiger partial charge on any atom is -0.388 e. The highest BCUT2D eigenvalue weighted by molar-refractivity contribution is 7.99. The quantitative estimate of drug-likeness (QED) is 0.282. The van der Waals surface area contributed by atoms with Gasteiger partial charge in [-0.3, -0.25) is 0 Å². The van der Waals surface area contributed by atoms with Gasteiger partial charge in [-0.25, -0.2) is 0 Å². The highest BCUT2D eigenvalue weighted by Crippen LogP contribution is 2.60. The first kappa shape index (κ1) is 22.5. The van der Waals surface area contributed by atoms with Gasteiger partial charge in [-0.1, -0.05) is 120 Å². The number of hydrogen-bond donors (Lipinski definition) is 0. The first-order valence-corrected chi connectivity index (χ1v) is 13.4. The van der Waals surface area contributed by atoms with Gasteiger partial charge in [0.15, 0.2) is 5.60 Å². The summed E-state index contributed by atoms with van der Waals surface area (Å²) in [5.41, 5.74) is 5.52. The summed E-state index contributed by atoms with van der Waals surface area (Å²) < 4.78 is 0. The normalized spacial score (nSPS) is 25.7. The highest BCUT2D eigenvalue weighted by Gasteiger charge is 2.55. The zero-order chi connectivity index (χ0) is 23.7. The van der Waals surface area contributed by atoms with Gasteiger partial charge in [-0.2, -0.15) is 0 Å². The molecule has 0 aliphatic carbocycles. The van der Waals surface area contributed by atoms with Crippen molar-refractivity contribution in [1.82, 2.24) is 0 Å². The summed E-state index contributed by atoms with van der Waals surface area (Å²) in [5.74, 6) is 0.0307. The summed E-state index contributed by atoms with van der Waals surface area (Å²) in [6.45, 7) is 0. The Kier molecular flexibility index (Phi) is 6.13. The molecule has 0 saturated carbocycles. The molecule has 0 bridgehead atoms. The van der Waals surface area contributed by atoms with Crippen LogP contribution in [0.1, 0.15) is 51.5 Å². The van der Waals surface area contributed by atoms with E-state index in [1.165, 1.54) is 16.7 Å². The predicted octanol–water partition coefficient (Wildman–Crippen LogP) is 8.61. The van der Waals surface area contributed by atoms with E-state index in [-0.39, 0.29) is 5.92 Å². The van der Waals surface area contributed by atoms with Gasteiger partial charge in [0, 0.05) is 33.9 Å². The molecule has 1 fully saturated rings. The molecule has 6 rings (SSSR count). The van der Waals surface area contributed by atoms with Crippen molar-refractivity contribution in [2.45, 2.75) is 34.9 Å². The lowest BCUT2D eigenvalue weighted by Gasteiger charge is -2.44. The number of hydrogen-bond acceptors (Lipinski definition) is 3. The molecular weight excluding hydrogens is 470 g/mol. The van der Waals surface area contributed by atoms with E-state index in [9.17, 15) is 0 Å². The van der Waals surface area contributed by atoms with Gasteiger partial charge in [0.1, 0.15) is 0 Å². The smallest absolute Gasteiger partial charge is 0.153 e. The van der Waals surface area contributed by atoms with Crippen molar-refractivity contribution < 1.29 is 4.84 Å². The summed E-state index contributed by atoms with van der Waals surface area (Å²) in [6, 6.07) is 40.4. The van der Waals surface area contributed by atoms with Crippen LogP contribution in [0.2, 0.25) is 5.02 Å². The van der Waals surface area contributed by atoms with Crippen LogP contribution in [0.3, 0.4) is 0 Å². The Morgan fingerprint density at radius 1 is 0.657 bits per heavy atom. The lowest BCUT2D eigenvalue weighted by Crippen LogP contribution is -2.42. The van der Waals surface area contributed by atoms with Crippen molar-refractivity contribution in [1.29, 1.82) is 0 Å². The van der Waals surface area contributed by atoms with Crippen LogP contribution in [0.15, 0.2) is 120 Å². The lowest BCUT2D eigenvalue weighted by molar-refractivity contribution is -0.0456. The van der Waals surface area contributed by atoms with Crippen LogP contribution in [0.4, 0.5) is 0 Å². The predicted molar refractivity (Wildman–Crippen MR) is 146 cm³/mol. The Morgan fingerprint density at radius 2 is 1.14 bits per heavy atom. The summed E-state index contributed by atoms with van der Waals surface area (Å²) >= 11 is 8.26. The number of nitrogens with zero attached hydrogens (tertiary/aromatic N) is 1. The van der Waals surface area contributed by atoms with Crippen LogP contribution in [0.5, 0.6) is 0 Å². The fourth-order valence-corrected chi connectivity index (χ4v) is 7.39. The average molecular weight is 496 g/mol. The molecule has 2 unspecified atom stereocenters. The van der Waals surface area contributed by atoms with Gasteiger partial charge < -0.3 is 4.84 Å². The van der Waals surface area contributed by atoms with Crippen LogP contribution in [-0.2, 0) is 4.84 Å². The zero-order valence-corrected chi connectivity index (χ0v) is 20.8. The number of thioether (sulfide) groups is 1. The molecular formula is C31H26ClNOS. The minimum atomic E-state index is -0.442.